The Labute approximate surface area is 341 Å². The number of rotatable bonds is 9. The van der Waals surface area contributed by atoms with E-state index in [1.165, 1.54) is 34.3 Å². The second kappa shape index (κ2) is 15.7. The molecule has 4 amide bonds. The third-order valence-corrected chi connectivity index (χ3v) is 14.7. The van der Waals surface area contributed by atoms with E-state index in [9.17, 15) is 41.1 Å². The molecule has 3 fully saturated rings. The number of alkyl halides is 3. The minimum absolute atomic E-state index is 0.0426. The van der Waals surface area contributed by atoms with Crippen LogP contribution in [0.15, 0.2) is 36.5 Å². The van der Waals surface area contributed by atoms with Crippen molar-refractivity contribution in [2.75, 3.05) is 20.8 Å². The molecular weight excluding hydrogens is 800 g/mol. The number of benzene rings is 1. The van der Waals surface area contributed by atoms with Gasteiger partial charge in [-0.1, -0.05) is 26.0 Å². The smallest absolute Gasteiger partial charge is 0.411 e. The lowest BCUT2D eigenvalue weighted by atomic mass is 9.85. The zero-order chi connectivity index (χ0) is 43.5. The van der Waals surface area contributed by atoms with E-state index in [-0.39, 0.29) is 42.5 Å². The van der Waals surface area contributed by atoms with Crippen molar-refractivity contribution >= 4 is 44.6 Å². The van der Waals surface area contributed by atoms with E-state index < -0.39 is 85.9 Å². The van der Waals surface area contributed by atoms with Gasteiger partial charge in [-0.2, -0.15) is 13.2 Å². The summed E-state index contributed by atoms with van der Waals surface area (Å²) in [4.78, 5) is 62.0. The lowest BCUT2D eigenvalue weighted by Crippen LogP contribution is -2.66. The number of carbonyl (C=O) groups is 4. The zero-order valence-corrected chi connectivity index (χ0v) is 34.9. The number of nitrogens with one attached hydrogen (secondary N) is 2. The Hall–Kier alpha value is -4.81. The number of carboxylic acid groups (broad SMARTS) is 1. The number of methoxy groups -OCH3 is 2. The van der Waals surface area contributed by atoms with Crippen molar-refractivity contribution in [3.8, 4) is 17.4 Å². The van der Waals surface area contributed by atoms with Crippen molar-refractivity contribution in [2.24, 2.45) is 17.8 Å². The first-order chi connectivity index (χ1) is 27.5. The number of hydrogen-bond donors (Lipinski definition) is 3. The minimum Gasteiger partial charge on any atom is -0.493 e. The molecule has 1 saturated heterocycles. The highest BCUT2D eigenvalue weighted by atomic mass is 32.2. The average molecular weight is 852 g/mol. The van der Waals surface area contributed by atoms with Gasteiger partial charge in [0.25, 0.3) is 5.91 Å². The fourth-order valence-corrected chi connectivity index (χ4v) is 9.62. The highest BCUT2D eigenvalue weighted by Crippen LogP contribution is 2.48. The molecule has 1 aromatic carbocycles. The van der Waals surface area contributed by atoms with Gasteiger partial charge in [0.05, 0.1) is 25.5 Å². The average Bonchev–Trinajstić information content (AvgIpc) is 4.03. The summed E-state index contributed by atoms with van der Waals surface area (Å²) in [5, 5.41) is 14.3. The molecule has 2 aliphatic carbocycles. The topological polar surface area (TPSA) is 194 Å². The molecule has 7 atom stereocenters. The molecule has 2 aromatic rings. The third-order valence-electron chi connectivity index (χ3n) is 12.5. The number of ether oxygens (including phenoxy) is 3. The van der Waals surface area contributed by atoms with Crippen LogP contribution in [0.4, 0.5) is 18.0 Å². The molecule has 4 aliphatic rings. The van der Waals surface area contributed by atoms with Crippen molar-refractivity contribution in [1.29, 1.82) is 0 Å². The van der Waals surface area contributed by atoms with Crippen LogP contribution in [0.25, 0.3) is 10.8 Å². The van der Waals surface area contributed by atoms with E-state index in [4.69, 9.17) is 14.2 Å². The first-order valence-corrected chi connectivity index (χ1v) is 21.1. The number of hydrogen-bond acceptors (Lipinski definition) is 10. The standard InChI is InChI=1S/C40H52F3N5O10S/c1-22-10-8-9-11-25-20-39(25,35(51)46-59(54,55)38(5)13-14-38)45-32(49)28-18-26(58-33-27-19-30(57-7)29(56-6)17-24(27)12-15-44-33)21-47(28)34(50)31(23(2)16-22)48(36(52)53)37(3,4)40(41,42)43/h9,11-12,15,17,19,22-23,25-26,28,31H,8,10,13-14,16,18,20-21H2,1-7H3,(H,45,49)(H,46,51)(H,52,53)/b11-9-/t22-,23-,25-,26-,28+,31+,39-/m1/s1. The summed E-state index contributed by atoms with van der Waals surface area (Å²) in [6, 6.07) is 1.62. The highest BCUT2D eigenvalue weighted by molar-refractivity contribution is 7.91. The fraction of sp³-hybridized carbons (Fsp3) is 0.625. The van der Waals surface area contributed by atoms with E-state index in [0.29, 0.717) is 61.8 Å². The molecule has 3 N–H and O–H groups in total. The lowest BCUT2D eigenvalue weighted by molar-refractivity contribution is -0.222. The van der Waals surface area contributed by atoms with Gasteiger partial charge >= 0.3 is 12.3 Å². The second-order valence-corrected chi connectivity index (χ2v) is 19.4. The summed E-state index contributed by atoms with van der Waals surface area (Å²) in [6.07, 6.45) is -1.49. The zero-order valence-electron chi connectivity index (χ0n) is 34.1. The first kappa shape index (κ1) is 43.8. The van der Waals surface area contributed by atoms with Crippen LogP contribution in [0.2, 0.25) is 0 Å². The molecule has 15 nitrogen and oxygen atoms in total. The summed E-state index contributed by atoms with van der Waals surface area (Å²) < 4.78 is 88.9. The Morgan fingerprint density at radius 1 is 1.08 bits per heavy atom. The van der Waals surface area contributed by atoms with Gasteiger partial charge in [-0.05, 0) is 94.7 Å². The molecule has 324 valence electrons. The molecule has 3 heterocycles. The van der Waals surface area contributed by atoms with Crippen LogP contribution in [-0.4, -0.2) is 113 Å². The maximum atomic E-state index is 15.0. The van der Waals surface area contributed by atoms with Crippen molar-refractivity contribution in [3.63, 3.8) is 0 Å². The number of sulfonamides is 1. The van der Waals surface area contributed by atoms with Gasteiger partial charge in [0, 0.05) is 23.9 Å². The molecule has 6 rings (SSSR count). The number of amides is 4. The molecular formula is C40H52F3N5O10S. The van der Waals surface area contributed by atoms with E-state index >= 15 is 4.79 Å². The van der Waals surface area contributed by atoms with Gasteiger partial charge in [-0.3, -0.25) is 24.0 Å². The second-order valence-electron chi connectivity index (χ2n) is 17.2. The van der Waals surface area contributed by atoms with Crippen molar-refractivity contribution in [3.05, 3.63) is 36.5 Å². The Morgan fingerprint density at radius 3 is 2.36 bits per heavy atom. The molecule has 0 spiro atoms. The maximum absolute atomic E-state index is 15.0. The van der Waals surface area contributed by atoms with Crippen molar-refractivity contribution in [1.82, 2.24) is 24.8 Å². The van der Waals surface area contributed by atoms with Crippen LogP contribution in [0.1, 0.15) is 79.6 Å². The predicted octanol–water partition coefficient (Wildman–Crippen LogP) is 5.18. The largest absolute Gasteiger partial charge is 0.493 e. The van der Waals surface area contributed by atoms with Crippen LogP contribution in [0, 0.1) is 17.8 Å². The van der Waals surface area contributed by atoms with E-state index in [2.05, 4.69) is 15.0 Å². The van der Waals surface area contributed by atoms with Crippen molar-refractivity contribution < 1.29 is 60.1 Å². The van der Waals surface area contributed by atoms with Gasteiger partial charge in [0.2, 0.25) is 27.7 Å². The van der Waals surface area contributed by atoms with E-state index in [1.54, 1.807) is 30.4 Å². The predicted molar refractivity (Wildman–Crippen MR) is 208 cm³/mol. The van der Waals surface area contributed by atoms with E-state index in [1.807, 2.05) is 6.92 Å². The number of aromatic nitrogens is 1. The minimum atomic E-state index is -5.10. The van der Waals surface area contributed by atoms with Crippen LogP contribution >= 0.6 is 0 Å². The fourth-order valence-electron chi connectivity index (χ4n) is 8.31. The highest BCUT2D eigenvalue weighted by Gasteiger charge is 2.64. The Kier molecular flexibility index (Phi) is 11.6. The number of allylic oxidation sites excluding steroid dienone is 1. The Bertz CT molecular complexity index is 2140. The first-order valence-electron chi connectivity index (χ1n) is 19.6. The maximum Gasteiger partial charge on any atom is 0.411 e. The molecule has 1 aromatic heterocycles. The number of carbonyl (C=O) groups excluding carboxylic acids is 3. The summed E-state index contributed by atoms with van der Waals surface area (Å²) in [7, 11) is -1.21. The van der Waals surface area contributed by atoms with Gasteiger partial charge < -0.3 is 29.5 Å². The number of fused-ring (bicyclic) bond motifs is 3. The SMILES string of the molecule is COc1cc2ccnc(O[C@@H]3C[C@H]4C(=O)N[C@]5(C(=O)NS(=O)(=O)C6(C)CC6)C[C@H]5/C=C\CC[C@@H](C)C[C@@H](C)[C@H](N(C(=O)O)C(C)(C)C(F)(F)F)C(=O)N4C3)c2cc1OC. The van der Waals surface area contributed by atoms with Gasteiger partial charge in [0.1, 0.15) is 29.3 Å². The lowest BCUT2D eigenvalue weighted by Gasteiger charge is -2.45. The molecule has 0 bridgehead atoms. The van der Waals surface area contributed by atoms with Gasteiger partial charge in [-0.15, -0.1) is 0 Å². The molecule has 19 heteroatoms. The normalized spacial score (nSPS) is 29.2. The van der Waals surface area contributed by atoms with Crippen LogP contribution < -0.4 is 24.2 Å². The Balaban J connectivity index is 1.43. The van der Waals surface area contributed by atoms with Crippen LogP contribution in [-0.2, 0) is 24.4 Å². The molecule has 0 unspecified atom stereocenters. The number of halogens is 3. The van der Waals surface area contributed by atoms with Gasteiger partial charge in [-0.25, -0.2) is 18.2 Å². The van der Waals surface area contributed by atoms with Crippen molar-refractivity contribution in [2.45, 2.75) is 120 Å². The molecule has 2 saturated carbocycles. The monoisotopic (exact) mass is 851 g/mol. The summed E-state index contributed by atoms with van der Waals surface area (Å²) in [6.45, 7) is 5.87. The quantitative estimate of drug-likeness (QED) is 0.282. The summed E-state index contributed by atoms with van der Waals surface area (Å²) in [5.41, 5.74) is -4.77. The Morgan fingerprint density at radius 2 is 1.75 bits per heavy atom. The molecule has 59 heavy (non-hydrogen) atoms. The summed E-state index contributed by atoms with van der Waals surface area (Å²) in [5.74, 6) is -3.82. The molecule has 2 aliphatic heterocycles. The number of pyridine rings is 1. The van der Waals surface area contributed by atoms with Crippen LogP contribution in [0.5, 0.6) is 17.4 Å². The van der Waals surface area contributed by atoms with E-state index in [0.717, 1.165) is 4.90 Å². The molecule has 0 radical (unpaired) electrons. The number of nitrogens with zero attached hydrogens (tertiary/aromatic N) is 3. The van der Waals surface area contributed by atoms with Crippen LogP contribution in [0.3, 0.4) is 0 Å². The van der Waals surface area contributed by atoms with Gasteiger partial charge in [0.15, 0.2) is 11.5 Å². The summed E-state index contributed by atoms with van der Waals surface area (Å²) >= 11 is 0. The third kappa shape index (κ3) is 8.22.